The highest BCUT2D eigenvalue weighted by Gasteiger charge is 2.27. The molecule has 0 aliphatic rings. The summed E-state index contributed by atoms with van der Waals surface area (Å²) >= 11 is 0.982. The van der Waals surface area contributed by atoms with Crippen molar-refractivity contribution in [3.63, 3.8) is 0 Å². The van der Waals surface area contributed by atoms with Gasteiger partial charge in [-0.3, -0.25) is 4.79 Å². The molecule has 10 heteroatoms. The van der Waals surface area contributed by atoms with Crippen molar-refractivity contribution in [2.75, 3.05) is 11.1 Å². The fourth-order valence-corrected chi connectivity index (χ4v) is 5.09. The van der Waals surface area contributed by atoms with E-state index in [9.17, 15) is 13.2 Å². The van der Waals surface area contributed by atoms with E-state index in [4.69, 9.17) is 4.42 Å². The van der Waals surface area contributed by atoms with Gasteiger partial charge in [-0.1, -0.05) is 48.2 Å². The lowest BCUT2D eigenvalue weighted by Crippen LogP contribution is -2.17. The van der Waals surface area contributed by atoms with Crippen molar-refractivity contribution in [2.45, 2.75) is 10.1 Å². The van der Waals surface area contributed by atoms with Gasteiger partial charge in [0.2, 0.25) is 11.1 Å². The van der Waals surface area contributed by atoms with Gasteiger partial charge in [0.05, 0.1) is 22.5 Å². The molecule has 30 heavy (non-hydrogen) atoms. The van der Waals surface area contributed by atoms with Crippen LogP contribution in [0.1, 0.15) is 0 Å². The minimum atomic E-state index is -3.99. The smallest absolute Gasteiger partial charge is 0.271 e. The van der Waals surface area contributed by atoms with E-state index in [1.54, 1.807) is 36.4 Å². The Hall–Kier alpha value is -3.37. The number of carbonyl (C=O) groups is 1. The van der Waals surface area contributed by atoms with E-state index in [1.807, 2.05) is 18.2 Å². The summed E-state index contributed by atoms with van der Waals surface area (Å²) in [7, 11) is -3.99. The summed E-state index contributed by atoms with van der Waals surface area (Å²) in [6.07, 6.45) is 2.81. The number of benzene rings is 2. The molecular weight excluding hydrogens is 424 g/mol. The second-order valence-electron chi connectivity index (χ2n) is 6.10. The maximum Gasteiger partial charge on any atom is 0.271 e. The minimum Gasteiger partial charge on any atom is -0.472 e. The van der Waals surface area contributed by atoms with Crippen molar-refractivity contribution in [1.29, 1.82) is 0 Å². The van der Waals surface area contributed by atoms with Crippen molar-refractivity contribution in [2.24, 2.45) is 0 Å². The van der Waals surface area contributed by atoms with Crippen LogP contribution < -0.4 is 5.32 Å². The van der Waals surface area contributed by atoms with E-state index in [2.05, 4.69) is 15.5 Å². The van der Waals surface area contributed by atoms with Crippen molar-refractivity contribution in [1.82, 2.24) is 14.2 Å². The Morgan fingerprint density at radius 3 is 2.37 bits per heavy atom. The molecule has 0 radical (unpaired) electrons. The molecule has 0 saturated heterocycles. The lowest BCUT2D eigenvalue weighted by Gasteiger charge is -2.10. The summed E-state index contributed by atoms with van der Waals surface area (Å²) in [6, 6.07) is 18.6. The van der Waals surface area contributed by atoms with Gasteiger partial charge in [0.15, 0.2) is 5.82 Å². The molecule has 0 aliphatic heterocycles. The summed E-state index contributed by atoms with van der Waals surface area (Å²) in [5, 5.41) is 10.9. The van der Waals surface area contributed by atoms with Crippen LogP contribution in [0.4, 0.5) is 5.69 Å². The Morgan fingerprint density at radius 2 is 1.70 bits per heavy atom. The van der Waals surface area contributed by atoms with Gasteiger partial charge in [-0.15, -0.1) is 10.2 Å². The molecule has 1 N–H and O–H groups in total. The average molecular weight is 441 g/mol. The normalized spacial score (nSPS) is 11.3. The molecule has 2 aromatic heterocycles. The van der Waals surface area contributed by atoms with Gasteiger partial charge >= 0.3 is 0 Å². The highest BCUT2D eigenvalue weighted by Crippen LogP contribution is 2.29. The van der Waals surface area contributed by atoms with Crippen LogP contribution in [0.25, 0.3) is 11.4 Å². The van der Waals surface area contributed by atoms with Crippen LogP contribution in [0.5, 0.6) is 0 Å². The summed E-state index contributed by atoms with van der Waals surface area (Å²) < 4.78 is 32.7. The summed E-state index contributed by atoms with van der Waals surface area (Å²) in [5.41, 5.74) is 1.11. The van der Waals surface area contributed by atoms with Gasteiger partial charge in [0, 0.05) is 5.69 Å². The monoisotopic (exact) mass is 440 g/mol. The van der Waals surface area contributed by atoms with Crippen molar-refractivity contribution < 1.29 is 17.6 Å². The van der Waals surface area contributed by atoms with E-state index in [0.29, 0.717) is 11.3 Å². The van der Waals surface area contributed by atoms with Crippen molar-refractivity contribution >= 4 is 33.4 Å². The highest BCUT2D eigenvalue weighted by atomic mass is 32.2. The lowest BCUT2D eigenvalue weighted by atomic mass is 10.3. The molecule has 0 spiro atoms. The number of para-hydroxylation sites is 1. The first-order valence-electron chi connectivity index (χ1n) is 8.82. The fourth-order valence-electron chi connectivity index (χ4n) is 2.68. The molecule has 152 valence electrons. The predicted octanol–water partition coefficient (Wildman–Crippen LogP) is 3.51. The predicted molar refractivity (Wildman–Crippen MR) is 113 cm³/mol. The summed E-state index contributed by atoms with van der Waals surface area (Å²) in [6.45, 7) is 0. The zero-order valence-corrected chi connectivity index (χ0v) is 17.1. The molecule has 8 nitrogen and oxygen atoms in total. The number of hydrogen-bond acceptors (Lipinski definition) is 7. The maximum atomic E-state index is 13.3. The molecule has 0 atom stereocenters. The summed E-state index contributed by atoms with van der Waals surface area (Å²) in [5.74, 6) is -0.218. The van der Waals surface area contributed by atoms with Gasteiger partial charge in [-0.2, -0.15) is 3.97 Å². The molecule has 4 rings (SSSR count). The molecule has 0 unspecified atom stereocenters. The third kappa shape index (κ3) is 4.14. The van der Waals surface area contributed by atoms with E-state index in [1.165, 1.54) is 24.7 Å². The summed E-state index contributed by atoms with van der Waals surface area (Å²) in [4.78, 5) is 12.4. The Bertz CT molecular complexity index is 1240. The Balaban J connectivity index is 1.65. The number of aromatic nitrogens is 3. The van der Waals surface area contributed by atoms with E-state index in [-0.39, 0.29) is 27.5 Å². The maximum absolute atomic E-state index is 13.3. The highest BCUT2D eigenvalue weighted by molar-refractivity contribution is 8.00. The number of carbonyl (C=O) groups excluding carboxylic acids is 1. The Morgan fingerprint density at radius 1 is 1.00 bits per heavy atom. The number of rotatable bonds is 7. The van der Waals surface area contributed by atoms with Crippen molar-refractivity contribution in [3.05, 3.63) is 79.3 Å². The van der Waals surface area contributed by atoms with Gasteiger partial charge in [-0.25, -0.2) is 8.42 Å². The topological polar surface area (TPSA) is 107 Å². The Labute approximate surface area is 177 Å². The van der Waals surface area contributed by atoms with Gasteiger partial charge < -0.3 is 9.73 Å². The van der Waals surface area contributed by atoms with E-state index >= 15 is 0 Å². The molecule has 2 heterocycles. The van der Waals surface area contributed by atoms with Crippen LogP contribution >= 0.6 is 11.8 Å². The van der Waals surface area contributed by atoms with E-state index < -0.39 is 10.0 Å². The van der Waals surface area contributed by atoms with Crippen LogP contribution in [-0.2, 0) is 14.8 Å². The number of nitrogens with one attached hydrogen (secondary N) is 1. The quantitative estimate of drug-likeness (QED) is 0.438. The molecule has 2 aromatic carbocycles. The molecule has 0 fully saturated rings. The van der Waals surface area contributed by atoms with Gasteiger partial charge in [-0.05, 0) is 30.3 Å². The van der Waals surface area contributed by atoms with Crippen LogP contribution in [0.2, 0.25) is 0 Å². The molecule has 0 saturated carbocycles. The number of thioether (sulfide) groups is 1. The minimum absolute atomic E-state index is 0.0390. The van der Waals surface area contributed by atoms with Gasteiger partial charge in [0.1, 0.15) is 6.26 Å². The zero-order valence-electron chi connectivity index (χ0n) is 15.5. The van der Waals surface area contributed by atoms with Gasteiger partial charge in [0.25, 0.3) is 10.0 Å². The second-order valence-corrected chi connectivity index (χ2v) is 8.83. The largest absolute Gasteiger partial charge is 0.472 e. The van der Waals surface area contributed by atoms with Crippen LogP contribution in [0.3, 0.4) is 0 Å². The molecule has 4 aromatic rings. The van der Waals surface area contributed by atoms with Crippen LogP contribution in [0.15, 0.2) is 93.7 Å². The van der Waals surface area contributed by atoms with E-state index in [0.717, 1.165) is 15.7 Å². The fraction of sp³-hybridized carbons (Fsp3) is 0.0500. The molecule has 0 aliphatic carbocycles. The van der Waals surface area contributed by atoms with Crippen LogP contribution in [-0.4, -0.2) is 34.2 Å². The SMILES string of the molecule is O=C(CSc1nnc(-c2ccoc2)n1S(=O)(=O)c1ccccc1)Nc1ccccc1. The first-order chi connectivity index (χ1) is 14.6. The standard InChI is InChI=1S/C20H16N4O4S2/c25-18(21-16-7-3-1-4-8-16)14-29-20-23-22-19(15-11-12-28-13-15)24(20)30(26,27)17-9-5-2-6-10-17/h1-13H,14H2,(H,21,25). The first-order valence-corrected chi connectivity index (χ1v) is 11.2. The lowest BCUT2D eigenvalue weighted by molar-refractivity contribution is -0.113. The number of furan rings is 1. The Kier molecular flexibility index (Phi) is 5.68. The number of anilines is 1. The molecule has 0 bridgehead atoms. The third-order valence-electron chi connectivity index (χ3n) is 4.05. The third-order valence-corrected chi connectivity index (χ3v) is 6.79. The molecule has 1 amide bonds. The number of amides is 1. The van der Waals surface area contributed by atoms with Crippen molar-refractivity contribution in [3.8, 4) is 11.4 Å². The molecular formula is C20H16N4O4S2. The zero-order chi connectivity index (χ0) is 21.0. The number of nitrogens with zero attached hydrogens (tertiary/aromatic N) is 3. The first kappa shape index (κ1) is 19.9. The van der Waals surface area contributed by atoms with Crippen LogP contribution in [0, 0.1) is 0 Å². The second kappa shape index (κ2) is 8.56. The number of hydrogen-bond donors (Lipinski definition) is 1. The average Bonchev–Trinajstić information content (AvgIpc) is 3.43.